The van der Waals surface area contributed by atoms with Gasteiger partial charge in [-0.3, -0.25) is 4.72 Å². The molecule has 0 unspecified atom stereocenters. The van der Waals surface area contributed by atoms with Gasteiger partial charge in [0.25, 0.3) is 10.0 Å². The zero-order valence-electron chi connectivity index (χ0n) is 14.2. The number of nitrogens with one attached hydrogen (secondary N) is 1. The molecular formula is C17H16ClFN2O2S3. The molecule has 1 aromatic carbocycles. The average Bonchev–Trinajstić information content (AvgIpc) is 3.19. The Labute approximate surface area is 164 Å². The lowest BCUT2D eigenvalue weighted by Gasteiger charge is -2.14. The molecule has 138 valence electrons. The van der Waals surface area contributed by atoms with Crippen LogP contribution in [-0.4, -0.2) is 13.4 Å². The number of hydrogen-bond acceptors (Lipinski definition) is 5. The summed E-state index contributed by atoms with van der Waals surface area (Å²) in [6.45, 7) is 6.20. The number of nitrogens with zero attached hydrogens (tertiary/aromatic N) is 1. The van der Waals surface area contributed by atoms with Crippen LogP contribution in [0.4, 0.5) is 10.1 Å². The summed E-state index contributed by atoms with van der Waals surface area (Å²) in [5.74, 6) is -0.802. The molecule has 0 spiro atoms. The Hall–Kier alpha value is -1.48. The van der Waals surface area contributed by atoms with E-state index in [-0.39, 0.29) is 20.3 Å². The lowest BCUT2D eigenvalue weighted by Crippen LogP contribution is -2.12. The Kier molecular flexibility index (Phi) is 5.13. The predicted molar refractivity (Wildman–Crippen MR) is 106 cm³/mol. The van der Waals surface area contributed by atoms with Crippen LogP contribution in [0.15, 0.2) is 39.2 Å². The summed E-state index contributed by atoms with van der Waals surface area (Å²) in [6.07, 6.45) is 0. The minimum absolute atomic E-state index is 0.0780. The monoisotopic (exact) mass is 430 g/mol. The Morgan fingerprint density at radius 2 is 1.92 bits per heavy atom. The highest BCUT2D eigenvalue weighted by molar-refractivity contribution is 7.94. The van der Waals surface area contributed by atoms with E-state index >= 15 is 0 Å². The van der Waals surface area contributed by atoms with E-state index in [1.807, 2.05) is 5.38 Å². The van der Waals surface area contributed by atoms with Gasteiger partial charge in [0.2, 0.25) is 0 Å². The van der Waals surface area contributed by atoms with Crippen molar-refractivity contribution in [3.05, 3.63) is 51.6 Å². The van der Waals surface area contributed by atoms with Crippen molar-refractivity contribution < 1.29 is 12.8 Å². The molecule has 0 aliphatic heterocycles. The molecule has 2 aromatic heterocycles. The predicted octanol–water partition coefficient (Wildman–Crippen LogP) is 5.76. The first kappa shape index (κ1) is 19.3. The normalized spacial score (nSPS) is 12.3. The summed E-state index contributed by atoms with van der Waals surface area (Å²) in [5.41, 5.74) is 1.41. The van der Waals surface area contributed by atoms with Crippen LogP contribution in [0.3, 0.4) is 0 Å². The molecule has 26 heavy (non-hydrogen) atoms. The van der Waals surface area contributed by atoms with Crippen molar-refractivity contribution in [1.82, 2.24) is 4.98 Å². The molecule has 4 nitrogen and oxygen atoms in total. The summed E-state index contributed by atoms with van der Waals surface area (Å²) in [6, 6.07) is 5.70. The molecule has 3 aromatic rings. The smallest absolute Gasteiger partial charge is 0.271 e. The van der Waals surface area contributed by atoms with E-state index < -0.39 is 15.8 Å². The van der Waals surface area contributed by atoms with Gasteiger partial charge in [0.15, 0.2) is 5.82 Å². The fourth-order valence-corrected chi connectivity index (χ4v) is 5.61. The van der Waals surface area contributed by atoms with Crippen molar-refractivity contribution in [2.75, 3.05) is 4.72 Å². The second kappa shape index (κ2) is 6.92. The molecule has 0 aliphatic rings. The largest absolute Gasteiger partial charge is 0.276 e. The van der Waals surface area contributed by atoms with Crippen molar-refractivity contribution in [3.63, 3.8) is 0 Å². The highest BCUT2D eigenvalue weighted by atomic mass is 35.5. The number of thiazole rings is 1. The first-order valence-electron chi connectivity index (χ1n) is 7.60. The van der Waals surface area contributed by atoms with Crippen LogP contribution < -0.4 is 4.72 Å². The second-order valence-electron chi connectivity index (χ2n) is 6.65. The Balaban J connectivity index is 1.89. The molecule has 9 heteroatoms. The van der Waals surface area contributed by atoms with E-state index in [4.69, 9.17) is 11.6 Å². The highest BCUT2D eigenvalue weighted by Gasteiger charge is 2.22. The third-order valence-corrected chi connectivity index (χ3v) is 7.54. The van der Waals surface area contributed by atoms with Gasteiger partial charge in [0.05, 0.1) is 16.4 Å². The van der Waals surface area contributed by atoms with E-state index in [9.17, 15) is 12.8 Å². The molecule has 0 fully saturated rings. The second-order valence-corrected chi connectivity index (χ2v) is 10.7. The summed E-state index contributed by atoms with van der Waals surface area (Å²) in [5, 5.41) is 4.31. The minimum Gasteiger partial charge on any atom is -0.276 e. The lowest BCUT2D eigenvalue weighted by molar-refractivity contribution is 0.573. The summed E-state index contributed by atoms with van der Waals surface area (Å²) in [4.78, 5) is 4.59. The molecule has 0 amide bonds. The van der Waals surface area contributed by atoms with Crippen LogP contribution in [-0.2, 0) is 15.4 Å². The van der Waals surface area contributed by atoms with Crippen molar-refractivity contribution in [1.29, 1.82) is 0 Å². The highest BCUT2D eigenvalue weighted by Crippen LogP contribution is 2.34. The van der Waals surface area contributed by atoms with Gasteiger partial charge in [-0.05, 0) is 18.2 Å². The molecule has 2 heterocycles. The van der Waals surface area contributed by atoms with Crippen LogP contribution in [0.2, 0.25) is 5.02 Å². The summed E-state index contributed by atoms with van der Waals surface area (Å²) < 4.78 is 41.4. The Morgan fingerprint density at radius 3 is 2.58 bits per heavy atom. The molecule has 3 rings (SSSR count). The third kappa shape index (κ3) is 3.93. The van der Waals surface area contributed by atoms with Crippen LogP contribution in [0.1, 0.15) is 26.5 Å². The molecule has 0 radical (unpaired) electrons. The lowest BCUT2D eigenvalue weighted by atomic mass is 9.93. The number of sulfonamides is 1. The molecule has 0 bridgehead atoms. The molecule has 0 saturated heterocycles. The van der Waals surface area contributed by atoms with Gasteiger partial charge in [-0.2, -0.15) is 0 Å². The van der Waals surface area contributed by atoms with E-state index in [1.165, 1.54) is 29.5 Å². The van der Waals surface area contributed by atoms with Crippen molar-refractivity contribution in [2.45, 2.75) is 30.4 Å². The first-order chi connectivity index (χ1) is 12.1. The fraction of sp³-hybridized carbons (Fsp3) is 0.235. The number of thiophene rings is 1. The number of hydrogen-bond donors (Lipinski definition) is 1. The number of halogens is 2. The number of benzene rings is 1. The van der Waals surface area contributed by atoms with Crippen LogP contribution in [0.5, 0.6) is 0 Å². The van der Waals surface area contributed by atoms with E-state index in [0.717, 1.165) is 27.6 Å². The number of anilines is 1. The maximum atomic E-state index is 14.0. The maximum Gasteiger partial charge on any atom is 0.271 e. The van der Waals surface area contributed by atoms with Crippen molar-refractivity contribution in [3.8, 4) is 10.6 Å². The zero-order valence-corrected chi connectivity index (χ0v) is 17.4. The zero-order chi connectivity index (χ0) is 19.1. The quantitative estimate of drug-likeness (QED) is 0.572. The molecular weight excluding hydrogens is 415 g/mol. The topological polar surface area (TPSA) is 59.1 Å². The van der Waals surface area contributed by atoms with Gasteiger partial charge in [0, 0.05) is 21.7 Å². The number of rotatable bonds is 4. The standard InChI is InChI=1S/C17H16ClFN2O2S3/c1-17(2,3)13-9-25-16(20-13)10-7-14(24-8-10)26(22,23)21-12-6-4-5-11(18)15(12)19/h4-9,21H,1-3H3. The maximum absolute atomic E-state index is 14.0. The Morgan fingerprint density at radius 1 is 1.19 bits per heavy atom. The molecule has 0 saturated carbocycles. The van der Waals surface area contributed by atoms with E-state index in [0.29, 0.717) is 0 Å². The minimum atomic E-state index is -3.91. The molecule has 1 N–H and O–H groups in total. The SMILES string of the molecule is CC(C)(C)c1csc(-c2csc(S(=O)(=O)Nc3cccc(Cl)c3F)c2)n1. The average molecular weight is 431 g/mol. The number of aromatic nitrogens is 1. The van der Waals surface area contributed by atoms with Crippen LogP contribution in [0.25, 0.3) is 10.6 Å². The van der Waals surface area contributed by atoms with Gasteiger partial charge in [-0.15, -0.1) is 22.7 Å². The Bertz CT molecular complexity index is 1050. The van der Waals surface area contributed by atoms with Crippen molar-refractivity contribution >= 4 is 50.0 Å². The van der Waals surface area contributed by atoms with Crippen LogP contribution >= 0.6 is 34.3 Å². The van der Waals surface area contributed by atoms with Gasteiger partial charge in [0.1, 0.15) is 9.22 Å². The van der Waals surface area contributed by atoms with Gasteiger partial charge in [-0.25, -0.2) is 17.8 Å². The fourth-order valence-electron chi connectivity index (χ4n) is 2.10. The third-order valence-electron chi connectivity index (χ3n) is 3.56. The van der Waals surface area contributed by atoms with E-state index in [2.05, 4.69) is 30.5 Å². The first-order valence-corrected chi connectivity index (χ1v) is 11.2. The van der Waals surface area contributed by atoms with Gasteiger partial charge in [-0.1, -0.05) is 38.4 Å². The van der Waals surface area contributed by atoms with Crippen LogP contribution in [0, 0.1) is 5.82 Å². The molecule has 0 aliphatic carbocycles. The van der Waals surface area contributed by atoms with E-state index in [1.54, 1.807) is 11.4 Å². The molecule has 0 atom stereocenters. The summed E-state index contributed by atoms with van der Waals surface area (Å²) >= 11 is 8.22. The summed E-state index contributed by atoms with van der Waals surface area (Å²) in [7, 11) is -3.91. The van der Waals surface area contributed by atoms with Gasteiger partial charge < -0.3 is 0 Å². The van der Waals surface area contributed by atoms with Gasteiger partial charge >= 0.3 is 0 Å². The van der Waals surface area contributed by atoms with Crippen molar-refractivity contribution in [2.24, 2.45) is 0 Å².